The number of aromatic nitrogens is 1. The van der Waals surface area contributed by atoms with Gasteiger partial charge in [-0.05, 0) is 29.8 Å². The molecule has 0 aliphatic carbocycles. The van der Waals surface area contributed by atoms with E-state index in [2.05, 4.69) is 23.2 Å². The van der Waals surface area contributed by atoms with Crippen molar-refractivity contribution >= 4 is 12.2 Å². The predicted molar refractivity (Wildman–Crippen MR) is 58.4 cm³/mol. The third-order valence-electron chi connectivity index (χ3n) is 1.87. The number of rotatable bonds is 2. The van der Waals surface area contributed by atoms with Gasteiger partial charge in [0.15, 0.2) is 0 Å². The quantitative estimate of drug-likeness (QED) is 0.692. The van der Waals surface area contributed by atoms with Gasteiger partial charge >= 0.3 is 0 Å². The third-order valence-corrected chi connectivity index (χ3v) is 1.87. The van der Waals surface area contributed by atoms with Gasteiger partial charge in [0.2, 0.25) is 0 Å². The standard InChI is InChI=1S/C13H10N/c1-2-6-12(7-3-1)9-10-13-8-4-5-11-14-13/h1-3,5-11H/b10-9+. The Morgan fingerprint density at radius 3 is 2.64 bits per heavy atom. The Morgan fingerprint density at radius 1 is 1.07 bits per heavy atom. The van der Waals surface area contributed by atoms with Crippen molar-refractivity contribution in [3.63, 3.8) is 0 Å². The number of pyridine rings is 1. The summed E-state index contributed by atoms with van der Waals surface area (Å²) in [6.07, 6.45) is 5.76. The summed E-state index contributed by atoms with van der Waals surface area (Å²) in [7, 11) is 0. The van der Waals surface area contributed by atoms with E-state index in [1.54, 1.807) is 12.3 Å². The van der Waals surface area contributed by atoms with E-state index in [-0.39, 0.29) is 0 Å². The Bertz CT molecular complexity index is 362. The highest BCUT2D eigenvalue weighted by Gasteiger charge is 1.85. The van der Waals surface area contributed by atoms with E-state index in [1.807, 2.05) is 36.4 Å². The first-order valence-corrected chi connectivity index (χ1v) is 4.50. The van der Waals surface area contributed by atoms with E-state index in [1.165, 1.54) is 5.56 Å². The van der Waals surface area contributed by atoms with Crippen LogP contribution in [0.15, 0.2) is 48.7 Å². The summed E-state index contributed by atoms with van der Waals surface area (Å²) < 4.78 is 0. The van der Waals surface area contributed by atoms with E-state index in [4.69, 9.17) is 0 Å². The van der Waals surface area contributed by atoms with Crippen molar-refractivity contribution in [1.29, 1.82) is 0 Å². The maximum atomic E-state index is 4.18. The van der Waals surface area contributed by atoms with Gasteiger partial charge in [0.05, 0.1) is 5.69 Å². The molecule has 2 aromatic rings. The molecule has 0 fully saturated rings. The lowest BCUT2D eigenvalue weighted by atomic mass is 10.2. The first-order valence-electron chi connectivity index (χ1n) is 4.50. The molecule has 1 heterocycles. The molecule has 1 aromatic heterocycles. The Balaban J connectivity index is 2.16. The molecule has 0 amide bonds. The van der Waals surface area contributed by atoms with Crippen LogP contribution >= 0.6 is 0 Å². The fourth-order valence-corrected chi connectivity index (χ4v) is 1.17. The topological polar surface area (TPSA) is 12.9 Å². The molecule has 0 aliphatic rings. The van der Waals surface area contributed by atoms with E-state index in [9.17, 15) is 0 Å². The molecule has 1 aromatic carbocycles. The molecule has 0 aliphatic heterocycles. The monoisotopic (exact) mass is 180 g/mol. The van der Waals surface area contributed by atoms with Gasteiger partial charge in [-0.15, -0.1) is 0 Å². The zero-order valence-corrected chi connectivity index (χ0v) is 7.72. The lowest BCUT2D eigenvalue weighted by molar-refractivity contribution is 1.29. The lowest BCUT2D eigenvalue weighted by Crippen LogP contribution is -1.76. The summed E-state index contributed by atoms with van der Waals surface area (Å²) in [5.41, 5.74) is 2.11. The van der Waals surface area contributed by atoms with Crippen LogP contribution in [0.2, 0.25) is 0 Å². The van der Waals surface area contributed by atoms with Crippen molar-refractivity contribution < 1.29 is 0 Å². The molecular formula is C13H10N. The van der Waals surface area contributed by atoms with Crippen molar-refractivity contribution in [2.24, 2.45) is 0 Å². The zero-order chi connectivity index (χ0) is 9.64. The summed E-state index contributed by atoms with van der Waals surface area (Å²) >= 11 is 0. The van der Waals surface area contributed by atoms with Gasteiger partial charge in [-0.3, -0.25) is 4.98 Å². The minimum absolute atomic E-state index is 0.927. The first kappa shape index (κ1) is 8.70. The van der Waals surface area contributed by atoms with Crippen molar-refractivity contribution in [2.45, 2.75) is 0 Å². The average molecular weight is 180 g/mol. The van der Waals surface area contributed by atoms with Gasteiger partial charge in [-0.25, -0.2) is 0 Å². The zero-order valence-electron chi connectivity index (χ0n) is 7.72. The minimum atomic E-state index is 0.927. The van der Waals surface area contributed by atoms with Gasteiger partial charge in [0, 0.05) is 6.20 Å². The highest BCUT2D eigenvalue weighted by molar-refractivity contribution is 5.67. The number of hydrogen-bond donors (Lipinski definition) is 0. The Hall–Kier alpha value is -1.89. The number of nitrogens with zero attached hydrogens (tertiary/aromatic N) is 1. The van der Waals surface area contributed by atoms with Crippen LogP contribution in [0.25, 0.3) is 12.2 Å². The van der Waals surface area contributed by atoms with Crippen LogP contribution in [0.1, 0.15) is 11.3 Å². The second-order valence-corrected chi connectivity index (χ2v) is 2.92. The van der Waals surface area contributed by atoms with Gasteiger partial charge in [-0.2, -0.15) is 0 Å². The minimum Gasteiger partial charge on any atom is -0.257 e. The van der Waals surface area contributed by atoms with Crippen LogP contribution in [0.5, 0.6) is 0 Å². The molecule has 14 heavy (non-hydrogen) atoms. The van der Waals surface area contributed by atoms with E-state index in [0.717, 1.165) is 5.69 Å². The van der Waals surface area contributed by atoms with Crippen LogP contribution in [-0.4, -0.2) is 4.98 Å². The van der Waals surface area contributed by atoms with Gasteiger partial charge < -0.3 is 0 Å². The first-order chi connectivity index (χ1) is 6.95. The van der Waals surface area contributed by atoms with Crippen molar-refractivity contribution in [3.05, 3.63) is 66.0 Å². The third kappa shape index (κ3) is 2.30. The molecule has 0 spiro atoms. The molecule has 0 N–H and O–H groups in total. The molecule has 0 atom stereocenters. The largest absolute Gasteiger partial charge is 0.257 e. The molecule has 0 saturated heterocycles. The predicted octanol–water partition coefficient (Wildman–Crippen LogP) is 3.05. The number of hydrogen-bond acceptors (Lipinski definition) is 1. The Morgan fingerprint density at radius 2 is 1.93 bits per heavy atom. The van der Waals surface area contributed by atoms with Crippen LogP contribution in [0.3, 0.4) is 0 Å². The Labute approximate surface area is 83.7 Å². The van der Waals surface area contributed by atoms with Gasteiger partial charge in [-0.1, -0.05) is 36.4 Å². The fourth-order valence-electron chi connectivity index (χ4n) is 1.17. The molecule has 1 radical (unpaired) electrons. The Kier molecular flexibility index (Phi) is 2.72. The molecule has 0 saturated carbocycles. The van der Waals surface area contributed by atoms with E-state index < -0.39 is 0 Å². The molecule has 1 heteroatoms. The highest BCUT2D eigenvalue weighted by Crippen LogP contribution is 2.04. The summed E-state index contributed by atoms with van der Waals surface area (Å²) in [6.45, 7) is 0. The van der Waals surface area contributed by atoms with Crippen LogP contribution in [0.4, 0.5) is 0 Å². The van der Waals surface area contributed by atoms with Crippen molar-refractivity contribution in [1.82, 2.24) is 4.98 Å². The number of benzene rings is 1. The maximum absolute atomic E-state index is 4.18. The van der Waals surface area contributed by atoms with E-state index in [0.29, 0.717) is 0 Å². The molecule has 0 unspecified atom stereocenters. The van der Waals surface area contributed by atoms with Gasteiger partial charge in [0.25, 0.3) is 0 Å². The van der Waals surface area contributed by atoms with Crippen molar-refractivity contribution in [2.75, 3.05) is 0 Å². The summed E-state index contributed by atoms with van der Waals surface area (Å²) in [5, 5.41) is 0. The van der Waals surface area contributed by atoms with Crippen LogP contribution < -0.4 is 0 Å². The molecule has 2 rings (SSSR count). The SMILES string of the molecule is [c]1ccnc(/C=C/c2ccccc2)c1. The molecule has 67 valence electrons. The average Bonchev–Trinajstić information content (AvgIpc) is 2.29. The van der Waals surface area contributed by atoms with Crippen LogP contribution in [0, 0.1) is 6.07 Å². The van der Waals surface area contributed by atoms with Crippen LogP contribution in [-0.2, 0) is 0 Å². The summed E-state index contributed by atoms with van der Waals surface area (Å²) in [5.74, 6) is 0. The second kappa shape index (κ2) is 4.38. The van der Waals surface area contributed by atoms with Gasteiger partial charge in [0.1, 0.15) is 0 Å². The molecule has 1 nitrogen and oxygen atoms in total. The summed E-state index contributed by atoms with van der Waals surface area (Å²) in [6, 6.07) is 16.8. The normalized spacial score (nSPS) is 10.6. The van der Waals surface area contributed by atoms with E-state index >= 15 is 0 Å². The second-order valence-electron chi connectivity index (χ2n) is 2.92. The molecule has 0 bridgehead atoms. The maximum Gasteiger partial charge on any atom is 0.0636 e. The lowest BCUT2D eigenvalue weighted by Gasteiger charge is -1.91. The smallest absolute Gasteiger partial charge is 0.0636 e. The molecular weight excluding hydrogens is 170 g/mol. The van der Waals surface area contributed by atoms with Crippen molar-refractivity contribution in [3.8, 4) is 0 Å². The fraction of sp³-hybridized carbons (Fsp3) is 0. The highest BCUT2D eigenvalue weighted by atomic mass is 14.6. The summed E-state index contributed by atoms with van der Waals surface area (Å²) in [4.78, 5) is 4.18.